The molecule has 2 heterocycles. The van der Waals surface area contributed by atoms with Gasteiger partial charge in [-0.2, -0.15) is 10.2 Å². The number of aromatic nitrogens is 4. The van der Waals surface area contributed by atoms with Crippen molar-refractivity contribution in [1.29, 1.82) is 0 Å². The second kappa shape index (κ2) is 7.66. The van der Waals surface area contributed by atoms with E-state index in [4.69, 9.17) is 11.6 Å². The molecular formula is C20H15ClFN5O. The lowest BCUT2D eigenvalue weighted by Crippen LogP contribution is -2.12. The molecule has 8 heteroatoms. The Bertz CT molecular complexity index is 1120. The molecule has 4 rings (SSSR count). The average molecular weight is 396 g/mol. The van der Waals surface area contributed by atoms with Crippen molar-refractivity contribution in [2.45, 2.75) is 6.54 Å². The van der Waals surface area contributed by atoms with E-state index in [0.717, 1.165) is 11.1 Å². The number of halogens is 2. The van der Waals surface area contributed by atoms with Crippen LogP contribution in [0.4, 0.5) is 10.1 Å². The third kappa shape index (κ3) is 4.10. The predicted molar refractivity (Wildman–Crippen MR) is 105 cm³/mol. The maximum absolute atomic E-state index is 13.0. The predicted octanol–water partition coefficient (Wildman–Crippen LogP) is 4.37. The molecule has 0 bridgehead atoms. The van der Waals surface area contributed by atoms with E-state index in [1.807, 2.05) is 18.2 Å². The number of hydrogen-bond donors (Lipinski definition) is 2. The van der Waals surface area contributed by atoms with Gasteiger partial charge in [-0.25, -0.2) is 4.39 Å². The molecule has 2 aromatic heterocycles. The van der Waals surface area contributed by atoms with Crippen LogP contribution < -0.4 is 5.32 Å². The quantitative estimate of drug-likeness (QED) is 0.527. The summed E-state index contributed by atoms with van der Waals surface area (Å²) in [6.07, 6.45) is 3.30. The molecule has 2 aromatic carbocycles. The van der Waals surface area contributed by atoms with Gasteiger partial charge in [0.05, 0.1) is 23.5 Å². The zero-order chi connectivity index (χ0) is 19.5. The number of H-pyrrole nitrogens is 1. The van der Waals surface area contributed by atoms with Crippen LogP contribution in [0.15, 0.2) is 67.0 Å². The topological polar surface area (TPSA) is 75.6 Å². The number of amides is 1. The van der Waals surface area contributed by atoms with E-state index in [0.29, 0.717) is 28.6 Å². The summed E-state index contributed by atoms with van der Waals surface area (Å²) in [5.41, 5.74) is 3.21. The van der Waals surface area contributed by atoms with Gasteiger partial charge in [0, 0.05) is 17.4 Å². The molecule has 28 heavy (non-hydrogen) atoms. The van der Waals surface area contributed by atoms with Crippen molar-refractivity contribution >= 4 is 23.2 Å². The molecule has 0 radical (unpaired) electrons. The van der Waals surface area contributed by atoms with E-state index in [2.05, 4.69) is 20.6 Å². The van der Waals surface area contributed by atoms with Crippen molar-refractivity contribution in [2.75, 3.05) is 5.32 Å². The van der Waals surface area contributed by atoms with Gasteiger partial charge in [0.25, 0.3) is 5.91 Å². The van der Waals surface area contributed by atoms with Gasteiger partial charge in [-0.15, -0.1) is 0 Å². The van der Waals surface area contributed by atoms with Crippen LogP contribution in [0.25, 0.3) is 11.3 Å². The number of hydrogen-bond acceptors (Lipinski definition) is 3. The summed E-state index contributed by atoms with van der Waals surface area (Å²) >= 11 is 5.88. The van der Waals surface area contributed by atoms with Crippen LogP contribution in [0.3, 0.4) is 0 Å². The minimum atomic E-state index is -0.325. The van der Waals surface area contributed by atoms with E-state index in [-0.39, 0.29) is 11.7 Å². The summed E-state index contributed by atoms with van der Waals surface area (Å²) in [7, 11) is 0. The highest BCUT2D eigenvalue weighted by Gasteiger charge is 2.12. The van der Waals surface area contributed by atoms with Crippen LogP contribution in [-0.2, 0) is 6.54 Å². The number of anilines is 1. The SMILES string of the molecule is O=C(Nc1cccc(Cn2cc(Cl)cn2)c1)c1cc(-c2ccc(F)cc2)n[nH]1. The van der Waals surface area contributed by atoms with Gasteiger partial charge >= 0.3 is 0 Å². The second-order valence-electron chi connectivity index (χ2n) is 6.18. The van der Waals surface area contributed by atoms with Gasteiger partial charge in [-0.3, -0.25) is 14.6 Å². The van der Waals surface area contributed by atoms with Crippen molar-refractivity contribution in [3.8, 4) is 11.3 Å². The zero-order valence-corrected chi connectivity index (χ0v) is 15.3. The van der Waals surface area contributed by atoms with Crippen molar-refractivity contribution in [3.63, 3.8) is 0 Å². The Morgan fingerprint density at radius 2 is 2.00 bits per heavy atom. The van der Waals surface area contributed by atoms with Crippen LogP contribution in [0, 0.1) is 5.82 Å². The second-order valence-corrected chi connectivity index (χ2v) is 6.62. The molecule has 0 spiro atoms. The third-order valence-electron chi connectivity index (χ3n) is 4.09. The summed E-state index contributed by atoms with van der Waals surface area (Å²) in [5, 5.41) is 14.4. The van der Waals surface area contributed by atoms with Gasteiger partial charge in [-0.05, 0) is 48.0 Å². The molecule has 2 N–H and O–H groups in total. The first-order chi connectivity index (χ1) is 13.6. The molecular weight excluding hydrogens is 381 g/mol. The first kappa shape index (κ1) is 17.9. The normalized spacial score (nSPS) is 10.8. The maximum atomic E-state index is 13.0. The molecule has 1 amide bonds. The zero-order valence-electron chi connectivity index (χ0n) is 14.6. The van der Waals surface area contributed by atoms with Gasteiger partial charge in [0.1, 0.15) is 11.5 Å². The van der Waals surface area contributed by atoms with E-state index < -0.39 is 0 Å². The number of carbonyl (C=O) groups excluding carboxylic acids is 1. The molecule has 6 nitrogen and oxygen atoms in total. The summed E-state index contributed by atoms with van der Waals surface area (Å²) in [6.45, 7) is 0.537. The largest absolute Gasteiger partial charge is 0.321 e. The molecule has 0 fully saturated rings. The van der Waals surface area contributed by atoms with Crippen LogP contribution in [0.5, 0.6) is 0 Å². The average Bonchev–Trinajstić information content (AvgIpc) is 3.32. The Balaban J connectivity index is 1.46. The van der Waals surface area contributed by atoms with Crippen LogP contribution >= 0.6 is 11.6 Å². The van der Waals surface area contributed by atoms with Gasteiger partial charge in [0.2, 0.25) is 0 Å². The Kier molecular flexibility index (Phi) is 4.90. The molecule has 4 aromatic rings. The molecule has 0 unspecified atom stereocenters. The standard InChI is InChI=1S/C20H15ClFN5O/c21-15-10-23-27(12-15)11-13-2-1-3-17(8-13)24-20(28)19-9-18(25-26-19)14-4-6-16(22)7-5-14/h1-10,12H,11H2,(H,24,28)(H,25,26). The van der Waals surface area contributed by atoms with Crippen LogP contribution in [-0.4, -0.2) is 25.9 Å². The molecule has 0 aliphatic carbocycles. The van der Waals surface area contributed by atoms with Crippen molar-refractivity contribution in [2.24, 2.45) is 0 Å². The van der Waals surface area contributed by atoms with E-state index in [1.54, 1.807) is 41.3 Å². The monoisotopic (exact) mass is 395 g/mol. The number of rotatable bonds is 5. The summed E-state index contributed by atoms with van der Waals surface area (Å²) in [5.74, 6) is -0.644. The smallest absolute Gasteiger partial charge is 0.273 e. The fourth-order valence-electron chi connectivity index (χ4n) is 2.76. The minimum absolute atomic E-state index is 0.309. The van der Waals surface area contributed by atoms with Gasteiger partial charge in [-0.1, -0.05) is 23.7 Å². The summed E-state index contributed by atoms with van der Waals surface area (Å²) < 4.78 is 14.8. The maximum Gasteiger partial charge on any atom is 0.273 e. The van der Waals surface area contributed by atoms with Gasteiger partial charge in [0.15, 0.2) is 0 Å². The van der Waals surface area contributed by atoms with E-state index in [9.17, 15) is 9.18 Å². The van der Waals surface area contributed by atoms with E-state index in [1.165, 1.54) is 12.1 Å². The van der Waals surface area contributed by atoms with Crippen LogP contribution in [0.1, 0.15) is 16.1 Å². The van der Waals surface area contributed by atoms with Crippen LogP contribution in [0.2, 0.25) is 5.02 Å². The first-order valence-corrected chi connectivity index (χ1v) is 8.84. The Hall–Kier alpha value is -3.45. The summed E-state index contributed by atoms with van der Waals surface area (Å²) in [6, 6.07) is 15.0. The lowest BCUT2D eigenvalue weighted by atomic mass is 10.1. The Morgan fingerprint density at radius 1 is 1.18 bits per heavy atom. The number of nitrogens with zero attached hydrogens (tertiary/aromatic N) is 3. The molecule has 140 valence electrons. The Morgan fingerprint density at radius 3 is 2.75 bits per heavy atom. The highest BCUT2D eigenvalue weighted by molar-refractivity contribution is 6.30. The number of benzene rings is 2. The lowest BCUT2D eigenvalue weighted by molar-refractivity contribution is 0.102. The fraction of sp³-hybridized carbons (Fsp3) is 0.0500. The fourth-order valence-corrected chi connectivity index (χ4v) is 2.92. The van der Waals surface area contributed by atoms with Crippen molar-refractivity contribution in [1.82, 2.24) is 20.0 Å². The summed E-state index contributed by atoms with van der Waals surface area (Å²) in [4.78, 5) is 12.5. The first-order valence-electron chi connectivity index (χ1n) is 8.46. The molecule has 0 saturated heterocycles. The molecule has 0 atom stereocenters. The highest BCUT2D eigenvalue weighted by atomic mass is 35.5. The molecule has 0 aliphatic rings. The molecule has 0 saturated carbocycles. The van der Waals surface area contributed by atoms with E-state index >= 15 is 0 Å². The van der Waals surface area contributed by atoms with Gasteiger partial charge < -0.3 is 5.32 Å². The lowest BCUT2D eigenvalue weighted by Gasteiger charge is -2.07. The number of carbonyl (C=O) groups is 1. The van der Waals surface area contributed by atoms with Crippen molar-refractivity contribution in [3.05, 3.63) is 89.1 Å². The Labute approximate surface area is 165 Å². The van der Waals surface area contributed by atoms with Crippen molar-refractivity contribution < 1.29 is 9.18 Å². The molecule has 0 aliphatic heterocycles. The highest BCUT2D eigenvalue weighted by Crippen LogP contribution is 2.19. The number of aromatic amines is 1. The number of nitrogens with one attached hydrogen (secondary N) is 2. The third-order valence-corrected chi connectivity index (χ3v) is 4.29. The minimum Gasteiger partial charge on any atom is -0.321 e.